The van der Waals surface area contributed by atoms with Crippen molar-refractivity contribution in [3.05, 3.63) is 48.6 Å². The van der Waals surface area contributed by atoms with Crippen LogP contribution in [0.1, 0.15) is 50.0 Å². The van der Waals surface area contributed by atoms with Gasteiger partial charge in [-0.1, -0.05) is 36.4 Å². The minimum absolute atomic E-state index is 0.619. The molecule has 2 saturated carbocycles. The predicted octanol–water partition coefficient (Wildman–Crippen LogP) is 4.27. The van der Waals surface area contributed by atoms with E-state index in [-0.39, 0.29) is 0 Å². The monoisotopic (exact) mass is 255 g/mol. The van der Waals surface area contributed by atoms with Crippen molar-refractivity contribution in [1.29, 1.82) is 0 Å². The Hall–Kier alpha value is -1.08. The minimum Gasteiger partial charge on any atom is -0.310 e. The molecule has 0 radical (unpaired) electrons. The van der Waals surface area contributed by atoms with Gasteiger partial charge in [0.2, 0.25) is 0 Å². The minimum atomic E-state index is 0.619. The highest BCUT2D eigenvalue weighted by Gasteiger charge is 2.47. The Morgan fingerprint density at radius 1 is 1.11 bits per heavy atom. The maximum absolute atomic E-state index is 3.81. The van der Waals surface area contributed by atoms with Gasteiger partial charge in [-0.3, -0.25) is 0 Å². The van der Waals surface area contributed by atoms with E-state index in [2.05, 4.69) is 42.2 Å². The van der Waals surface area contributed by atoms with Gasteiger partial charge in [-0.05, 0) is 55.4 Å². The number of hydrogen-bond donors (Lipinski definition) is 1. The van der Waals surface area contributed by atoms with Crippen LogP contribution in [0.3, 0.4) is 0 Å². The highest BCUT2D eigenvalue weighted by atomic mass is 15.0. The molecule has 19 heavy (non-hydrogen) atoms. The molecule has 1 unspecified atom stereocenters. The van der Waals surface area contributed by atoms with E-state index >= 15 is 0 Å². The van der Waals surface area contributed by atoms with Crippen molar-refractivity contribution in [2.24, 2.45) is 5.41 Å². The molecule has 0 aliphatic heterocycles. The van der Waals surface area contributed by atoms with Crippen LogP contribution in [0.25, 0.3) is 0 Å². The van der Waals surface area contributed by atoms with Crippen LogP contribution in [0.4, 0.5) is 0 Å². The third-order valence-electron chi connectivity index (χ3n) is 5.43. The summed E-state index contributed by atoms with van der Waals surface area (Å²) in [5.41, 5.74) is 2.17. The zero-order valence-electron chi connectivity index (χ0n) is 11.8. The van der Waals surface area contributed by atoms with Crippen molar-refractivity contribution in [3.63, 3.8) is 0 Å². The number of benzene rings is 1. The van der Waals surface area contributed by atoms with Crippen molar-refractivity contribution < 1.29 is 0 Å². The van der Waals surface area contributed by atoms with Gasteiger partial charge in [0.05, 0.1) is 0 Å². The molecule has 1 N–H and O–H groups in total. The first-order chi connectivity index (χ1) is 9.34. The first-order valence-electron chi connectivity index (χ1n) is 7.73. The lowest BCUT2D eigenvalue weighted by Crippen LogP contribution is -2.54. The van der Waals surface area contributed by atoms with E-state index in [0.717, 1.165) is 18.5 Å². The molecule has 1 atom stereocenters. The lowest BCUT2D eigenvalue weighted by Gasteiger charge is -2.54. The number of rotatable bonds is 4. The quantitative estimate of drug-likeness (QED) is 0.792. The van der Waals surface area contributed by atoms with Crippen LogP contribution in [0.5, 0.6) is 0 Å². The largest absolute Gasteiger partial charge is 0.310 e. The highest BCUT2D eigenvalue weighted by Crippen LogP contribution is 2.54. The molecule has 1 aromatic rings. The summed E-state index contributed by atoms with van der Waals surface area (Å²) in [5, 5.41) is 3.67. The maximum Gasteiger partial charge on any atom is 0.0135 e. The molecule has 2 fully saturated rings. The summed E-state index contributed by atoms with van der Waals surface area (Å²) < 4.78 is 0. The van der Waals surface area contributed by atoms with Crippen molar-refractivity contribution in [2.45, 2.75) is 50.5 Å². The van der Waals surface area contributed by atoms with Gasteiger partial charge in [0.1, 0.15) is 0 Å². The van der Waals surface area contributed by atoms with Gasteiger partial charge in [0.15, 0.2) is 0 Å². The second-order valence-corrected chi connectivity index (χ2v) is 6.34. The molecule has 102 valence electrons. The summed E-state index contributed by atoms with van der Waals surface area (Å²) in [6.07, 6.45) is 10.3. The fourth-order valence-corrected chi connectivity index (χ4v) is 4.09. The van der Waals surface area contributed by atoms with Crippen molar-refractivity contribution in [2.75, 3.05) is 6.54 Å². The molecule has 2 aliphatic rings. The topological polar surface area (TPSA) is 12.0 Å². The molecule has 1 aromatic carbocycles. The van der Waals surface area contributed by atoms with Gasteiger partial charge in [-0.25, -0.2) is 0 Å². The van der Waals surface area contributed by atoms with E-state index in [1.54, 1.807) is 5.56 Å². The Labute approximate surface area is 117 Å². The van der Waals surface area contributed by atoms with Crippen LogP contribution in [-0.4, -0.2) is 12.6 Å². The highest BCUT2D eigenvalue weighted by molar-refractivity contribution is 5.21. The second-order valence-electron chi connectivity index (χ2n) is 6.34. The molecule has 1 nitrogen and oxygen atoms in total. The van der Waals surface area contributed by atoms with Gasteiger partial charge in [-0.15, -0.1) is 6.58 Å². The molecule has 1 heteroatoms. The van der Waals surface area contributed by atoms with Gasteiger partial charge >= 0.3 is 0 Å². The van der Waals surface area contributed by atoms with E-state index in [1.165, 1.54) is 38.5 Å². The first kappa shape index (κ1) is 12.9. The summed E-state index contributed by atoms with van der Waals surface area (Å²) in [4.78, 5) is 0. The van der Waals surface area contributed by atoms with Crippen LogP contribution in [-0.2, 0) is 0 Å². The van der Waals surface area contributed by atoms with E-state index in [4.69, 9.17) is 0 Å². The Balaban J connectivity index is 1.59. The lowest BCUT2D eigenvalue weighted by atomic mass is 9.55. The summed E-state index contributed by atoms with van der Waals surface area (Å²) >= 11 is 0. The van der Waals surface area contributed by atoms with Crippen molar-refractivity contribution in [3.8, 4) is 0 Å². The lowest BCUT2D eigenvalue weighted by molar-refractivity contribution is 0.0194. The van der Waals surface area contributed by atoms with E-state index in [1.807, 2.05) is 6.08 Å². The van der Waals surface area contributed by atoms with Crippen molar-refractivity contribution >= 4 is 0 Å². The summed E-state index contributed by atoms with van der Waals surface area (Å²) in [6, 6.07) is 11.8. The third-order valence-corrected chi connectivity index (χ3v) is 5.43. The zero-order valence-corrected chi connectivity index (χ0v) is 11.8. The Kier molecular flexibility index (Phi) is 3.74. The number of hydrogen-bond acceptors (Lipinski definition) is 1. The van der Waals surface area contributed by atoms with E-state index < -0.39 is 0 Å². The average Bonchev–Trinajstić information content (AvgIpc) is 2.48. The van der Waals surface area contributed by atoms with Gasteiger partial charge in [0.25, 0.3) is 0 Å². The Morgan fingerprint density at radius 3 is 2.37 bits per heavy atom. The van der Waals surface area contributed by atoms with Crippen LogP contribution in [0.2, 0.25) is 0 Å². The third kappa shape index (κ3) is 2.49. The zero-order chi connectivity index (χ0) is 13.1. The average molecular weight is 255 g/mol. The fourth-order valence-electron chi connectivity index (χ4n) is 4.09. The van der Waals surface area contributed by atoms with Gasteiger partial charge in [0, 0.05) is 12.6 Å². The Bertz CT molecular complexity index is 415. The van der Waals surface area contributed by atoms with E-state index in [9.17, 15) is 0 Å². The molecule has 0 saturated heterocycles. The summed E-state index contributed by atoms with van der Waals surface area (Å²) in [7, 11) is 0. The summed E-state index contributed by atoms with van der Waals surface area (Å²) in [5.74, 6) is 0.799. The van der Waals surface area contributed by atoms with Crippen LogP contribution < -0.4 is 5.32 Å². The Morgan fingerprint density at radius 2 is 1.79 bits per heavy atom. The molecule has 2 aliphatic carbocycles. The van der Waals surface area contributed by atoms with Crippen molar-refractivity contribution in [1.82, 2.24) is 5.32 Å². The molecule has 3 rings (SSSR count). The fraction of sp³-hybridized carbons (Fsp3) is 0.556. The van der Waals surface area contributed by atoms with Crippen LogP contribution in [0.15, 0.2) is 43.0 Å². The number of nitrogens with one attached hydrogen (secondary N) is 1. The predicted molar refractivity (Wildman–Crippen MR) is 81.3 cm³/mol. The maximum atomic E-state index is 3.81. The van der Waals surface area contributed by atoms with Gasteiger partial charge in [-0.2, -0.15) is 0 Å². The SMILES string of the molecule is C=CCNC1CCC12CCC(c1ccccc1)CC2. The molecule has 0 bridgehead atoms. The van der Waals surface area contributed by atoms with Crippen LogP contribution in [0, 0.1) is 5.41 Å². The molecule has 0 amide bonds. The van der Waals surface area contributed by atoms with E-state index in [0.29, 0.717) is 5.41 Å². The molecule has 0 heterocycles. The smallest absolute Gasteiger partial charge is 0.0135 e. The summed E-state index contributed by atoms with van der Waals surface area (Å²) in [6.45, 7) is 4.78. The first-order valence-corrected chi connectivity index (χ1v) is 7.73. The normalized spacial score (nSPS) is 33.9. The standard InChI is InChI=1S/C18H25N/c1-2-14-19-17-10-13-18(17)11-8-16(9-12-18)15-6-4-3-5-7-15/h2-7,16-17,19H,1,8-14H2. The molecular weight excluding hydrogens is 230 g/mol. The van der Waals surface area contributed by atoms with Crippen LogP contribution >= 0.6 is 0 Å². The second kappa shape index (κ2) is 5.50. The molecule has 1 spiro atoms. The molecular formula is C18H25N. The van der Waals surface area contributed by atoms with Gasteiger partial charge < -0.3 is 5.32 Å². The molecule has 0 aromatic heterocycles.